The summed E-state index contributed by atoms with van der Waals surface area (Å²) in [5.74, 6) is -0.955. The lowest BCUT2D eigenvalue weighted by Crippen LogP contribution is -2.29. The minimum Gasteiger partial charge on any atom is -0.462 e. The molecule has 53 heavy (non-hydrogen) atoms. The molecule has 9 nitrogen and oxygen atoms in total. The van der Waals surface area contributed by atoms with Crippen molar-refractivity contribution in [3.8, 4) is 0 Å². The molecule has 0 bridgehead atoms. The summed E-state index contributed by atoms with van der Waals surface area (Å²) in [5, 5.41) is 0. The van der Waals surface area contributed by atoms with Gasteiger partial charge in [0.25, 0.3) is 0 Å². The van der Waals surface area contributed by atoms with Gasteiger partial charge in [-0.2, -0.15) is 0 Å². The van der Waals surface area contributed by atoms with Gasteiger partial charge < -0.3 is 20.1 Å². The normalized spacial score (nSPS) is 14.3. The molecule has 0 aliphatic heterocycles. The summed E-state index contributed by atoms with van der Waals surface area (Å²) >= 11 is 0. The quantitative estimate of drug-likeness (QED) is 0.0277. The molecule has 10 heteroatoms. The molecule has 0 rings (SSSR count). The van der Waals surface area contributed by atoms with Gasteiger partial charge in [-0.25, -0.2) is 4.57 Å². The van der Waals surface area contributed by atoms with E-state index in [1.807, 2.05) is 12.2 Å². The van der Waals surface area contributed by atoms with E-state index in [1.54, 1.807) is 0 Å². The van der Waals surface area contributed by atoms with Crippen molar-refractivity contribution >= 4 is 19.8 Å². The third kappa shape index (κ3) is 38.7. The van der Waals surface area contributed by atoms with Crippen LogP contribution in [0, 0.1) is 0 Å². The molecule has 2 atom stereocenters. The van der Waals surface area contributed by atoms with Gasteiger partial charge in [0.05, 0.1) is 13.2 Å². The highest BCUT2D eigenvalue weighted by Crippen LogP contribution is 2.43. The van der Waals surface area contributed by atoms with Crippen LogP contribution in [0.1, 0.15) is 142 Å². The zero-order chi connectivity index (χ0) is 38.9. The van der Waals surface area contributed by atoms with Crippen molar-refractivity contribution < 1.29 is 37.6 Å². The molecular formula is C43H72NO8P. The van der Waals surface area contributed by atoms with Crippen LogP contribution in [0.25, 0.3) is 0 Å². The molecular weight excluding hydrogens is 689 g/mol. The van der Waals surface area contributed by atoms with Gasteiger partial charge in [-0.15, -0.1) is 0 Å². The van der Waals surface area contributed by atoms with Crippen LogP contribution < -0.4 is 5.73 Å². The van der Waals surface area contributed by atoms with Crippen molar-refractivity contribution in [2.24, 2.45) is 5.73 Å². The maximum Gasteiger partial charge on any atom is 0.472 e. The Balaban J connectivity index is 4.38. The van der Waals surface area contributed by atoms with Crippen LogP contribution >= 0.6 is 7.82 Å². The van der Waals surface area contributed by atoms with Crippen LogP contribution in [-0.4, -0.2) is 49.3 Å². The average molecular weight is 762 g/mol. The number of phosphoric ester groups is 1. The minimum atomic E-state index is -4.40. The highest BCUT2D eigenvalue weighted by molar-refractivity contribution is 7.47. The van der Waals surface area contributed by atoms with E-state index in [0.29, 0.717) is 12.8 Å². The SMILES string of the molecule is CC/C=C/C/C=C/C/C=C/C/C=C/C/C=C/C/C=C/CCC(=O)O[C@H](COC(=O)CCCCC/C=C/CCCCCCCC)COP(=O)(O)OCCN. The smallest absolute Gasteiger partial charge is 0.462 e. The Kier molecular flexibility index (Phi) is 36.8. The third-order valence-corrected chi connectivity index (χ3v) is 8.76. The molecule has 0 radical (unpaired) electrons. The number of nitrogens with two attached hydrogens (primary N) is 1. The van der Waals surface area contributed by atoms with E-state index < -0.39 is 32.5 Å². The van der Waals surface area contributed by atoms with Crippen molar-refractivity contribution in [3.63, 3.8) is 0 Å². The van der Waals surface area contributed by atoms with Crippen LogP contribution in [0.5, 0.6) is 0 Å². The van der Waals surface area contributed by atoms with E-state index in [2.05, 4.69) is 86.8 Å². The Morgan fingerprint density at radius 2 is 1.08 bits per heavy atom. The van der Waals surface area contributed by atoms with Crippen LogP contribution in [0.3, 0.4) is 0 Å². The van der Waals surface area contributed by atoms with Gasteiger partial charge in [0.2, 0.25) is 0 Å². The third-order valence-electron chi connectivity index (χ3n) is 7.78. The van der Waals surface area contributed by atoms with E-state index in [1.165, 1.54) is 38.5 Å². The van der Waals surface area contributed by atoms with Crippen molar-refractivity contribution in [3.05, 3.63) is 85.1 Å². The fraction of sp³-hybridized carbons (Fsp3) is 0.628. The largest absolute Gasteiger partial charge is 0.472 e. The fourth-order valence-electron chi connectivity index (χ4n) is 4.83. The number of hydrogen-bond donors (Lipinski definition) is 2. The molecule has 0 heterocycles. The standard InChI is InChI=1S/C43H72NO8P/c1-3-5-7-9-11-13-15-17-18-19-20-21-22-24-26-28-30-32-34-36-43(46)52-41(40-51-53(47,48)50-38-37-44)39-49-42(45)35-33-31-29-27-25-23-16-14-12-10-8-6-4-2/h5,7,11,13,17-18,20-21,23-26,30,32,41H,3-4,6,8-10,12,14-16,19,22,27-29,31,33-40,44H2,1-2H3,(H,47,48)/b7-5+,13-11+,18-17+,21-20+,25-23+,26-24+,32-30+/t41-/m1/s1. The summed E-state index contributed by atoms with van der Waals surface area (Å²) in [7, 11) is -4.40. The van der Waals surface area contributed by atoms with Crippen molar-refractivity contribution in [1.29, 1.82) is 0 Å². The zero-order valence-electron chi connectivity index (χ0n) is 33.0. The van der Waals surface area contributed by atoms with Gasteiger partial charge >= 0.3 is 19.8 Å². The van der Waals surface area contributed by atoms with E-state index >= 15 is 0 Å². The molecule has 0 aromatic heterocycles. The molecule has 302 valence electrons. The predicted molar refractivity (Wildman–Crippen MR) is 219 cm³/mol. The number of hydrogen-bond acceptors (Lipinski definition) is 8. The number of ether oxygens (including phenoxy) is 2. The minimum absolute atomic E-state index is 0.0357. The number of allylic oxidation sites excluding steroid dienone is 14. The molecule has 0 saturated carbocycles. The summed E-state index contributed by atoms with van der Waals surface area (Å²) in [4.78, 5) is 34.7. The van der Waals surface area contributed by atoms with Crippen LogP contribution in [0.4, 0.5) is 0 Å². The number of carbonyl (C=O) groups is 2. The Hall–Kier alpha value is -2.81. The van der Waals surface area contributed by atoms with Crippen molar-refractivity contribution in [2.75, 3.05) is 26.4 Å². The molecule has 0 aliphatic carbocycles. The molecule has 0 spiro atoms. The highest BCUT2D eigenvalue weighted by Gasteiger charge is 2.25. The van der Waals surface area contributed by atoms with E-state index in [-0.39, 0.29) is 32.6 Å². The van der Waals surface area contributed by atoms with E-state index in [0.717, 1.165) is 64.2 Å². The zero-order valence-corrected chi connectivity index (χ0v) is 33.9. The second-order valence-corrected chi connectivity index (χ2v) is 14.2. The van der Waals surface area contributed by atoms with Crippen LogP contribution in [0.2, 0.25) is 0 Å². The van der Waals surface area contributed by atoms with Gasteiger partial charge in [0.1, 0.15) is 6.61 Å². The summed E-state index contributed by atoms with van der Waals surface area (Å²) in [6.07, 6.45) is 47.7. The number of phosphoric acid groups is 1. The first-order valence-corrected chi connectivity index (χ1v) is 21.6. The number of rotatable bonds is 36. The second kappa shape index (κ2) is 38.9. The van der Waals surface area contributed by atoms with Gasteiger partial charge in [0.15, 0.2) is 6.10 Å². The lowest BCUT2D eigenvalue weighted by molar-refractivity contribution is -0.161. The average Bonchev–Trinajstić information content (AvgIpc) is 3.14. The molecule has 0 aliphatic rings. The molecule has 0 amide bonds. The van der Waals surface area contributed by atoms with Crippen LogP contribution in [-0.2, 0) is 32.7 Å². The summed E-state index contributed by atoms with van der Waals surface area (Å²) < 4.78 is 32.6. The summed E-state index contributed by atoms with van der Waals surface area (Å²) in [6, 6.07) is 0. The fourth-order valence-corrected chi connectivity index (χ4v) is 5.59. The Morgan fingerprint density at radius 3 is 1.62 bits per heavy atom. The molecule has 0 saturated heterocycles. The molecule has 3 N–H and O–H groups in total. The first kappa shape index (κ1) is 50.2. The van der Waals surface area contributed by atoms with E-state index in [9.17, 15) is 19.0 Å². The molecule has 0 aromatic carbocycles. The first-order valence-electron chi connectivity index (χ1n) is 20.1. The van der Waals surface area contributed by atoms with Crippen molar-refractivity contribution in [2.45, 2.75) is 148 Å². The maximum atomic E-state index is 12.5. The summed E-state index contributed by atoms with van der Waals surface area (Å²) in [6.45, 7) is 3.47. The first-order chi connectivity index (χ1) is 25.8. The molecule has 1 unspecified atom stereocenters. The topological polar surface area (TPSA) is 134 Å². The Morgan fingerprint density at radius 1 is 0.585 bits per heavy atom. The van der Waals surface area contributed by atoms with Crippen LogP contribution in [0.15, 0.2) is 85.1 Å². The lowest BCUT2D eigenvalue weighted by atomic mass is 10.1. The maximum absolute atomic E-state index is 12.5. The number of unbranched alkanes of at least 4 members (excludes halogenated alkanes) is 9. The number of esters is 2. The second-order valence-electron chi connectivity index (χ2n) is 12.8. The van der Waals surface area contributed by atoms with Gasteiger partial charge in [0, 0.05) is 19.4 Å². The van der Waals surface area contributed by atoms with Gasteiger partial charge in [-0.05, 0) is 77.0 Å². The summed E-state index contributed by atoms with van der Waals surface area (Å²) in [5.41, 5.74) is 5.33. The Bertz CT molecular complexity index is 1140. The Labute approximate surface area is 322 Å². The highest BCUT2D eigenvalue weighted by atomic mass is 31.2. The van der Waals surface area contributed by atoms with Gasteiger partial charge in [-0.1, -0.05) is 137 Å². The predicted octanol–water partition coefficient (Wildman–Crippen LogP) is 11.3. The molecule has 0 aromatic rings. The lowest BCUT2D eigenvalue weighted by Gasteiger charge is -2.19. The van der Waals surface area contributed by atoms with Gasteiger partial charge in [-0.3, -0.25) is 18.6 Å². The number of carbonyl (C=O) groups excluding carboxylic acids is 2. The monoisotopic (exact) mass is 761 g/mol. The molecule has 0 fully saturated rings. The van der Waals surface area contributed by atoms with E-state index in [4.69, 9.17) is 24.3 Å². The van der Waals surface area contributed by atoms with Crippen molar-refractivity contribution in [1.82, 2.24) is 0 Å².